The van der Waals surface area contributed by atoms with Gasteiger partial charge in [0, 0.05) is 31.4 Å². The number of nitrogens with one attached hydrogen (secondary N) is 1. The van der Waals surface area contributed by atoms with E-state index in [1.54, 1.807) is 4.90 Å². The highest BCUT2D eigenvalue weighted by Crippen LogP contribution is 2.22. The SMILES string of the molecule is CC1CC(C(=O)O)CN(C(=O)NCCc2cc3ccccc3o2)C1. The summed E-state index contributed by atoms with van der Waals surface area (Å²) in [7, 11) is 0. The number of rotatable bonds is 4. The van der Waals surface area contributed by atoms with E-state index in [0.717, 1.165) is 16.7 Å². The first kappa shape index (κ1) is 16.4. The number of amides is 2. The van der Waals surface area contributed by atoms with E-state index in [9.17, 15) is 14.7 Å². The van der Waals surface area contributed by atoms with Gasteiger partial charge >= 0.3 is 12.0 Å². The molecule has 2 N–H and O–H groups in total. The molecule has 1 aromatic heterocycles. The minimum atomic E-state index is -0.832. The lowest BCUT2D eigenvalue weighted by Crippen LogP contribution is -2.49. The Bertz CT molecular complexity index is 706. The Labute approximate surface area is 140 Å². The predicted octanol–water partition coefficient (Wildman–Crippen LogP) is 2.73. The maximum Gasteiger partial charge on any atom is 0.317 e. The molecule has 0 saturated carbocycles. The zero-order valence-electron chi connectivity index (χ0n) is 13.7. The van der Waals surface area contributed by atoms with Crippen LogP contribution >= 0.6 is 0 Å². The number of nitrogens with zero attached hydrogens (tertiary/aromatic N) is 1. The van der Waals surface area contributed by atoms with E-state index >= 15 is 0 Å². The number of para-hydroxylation sites is 1. The number of aliphatic carboxylic acids is 1. The third kappa shape index (κ3) is 3.69. The average molecular weight is 330 g/mol. The molecule has 6 heteroatoms. The first-order valence-electron chi connectivity index (χ1n) is 8.26. The molecule has 0 aliphatic carbocycles. The Morgan fingerprint density at radius 2 is 2.12 bits per heavy atom. The summed E-state index contributed by atoms with van der Waals surface area (Å²) in [6, 6.07) is 9.56. The minimum absolute atomic E-state index is 0.195. The maximum atomic E-state index is 12.3. The number of furan rings is 1. The molecule has 1 aliphatic heterocycles. The molecule has 2 amide bonds. The fourth-order valence-electron chi connectivity index (χ4n) is 3.26. The number of carboxylic acids is 1. The van der Waals surface area contributed by atoms with E-state index in [1.807, 2.05) is 37.3 Å². The van der Waals surface area contributed by atoms with Crippen molar-refractivity contribution in [3.05, 3.63) is 36.1 Å². The number of piperidine rings is 1. The molecule has 6 nitrogen and oxygen atoms in total. The van der Waals surface area contributed by atoms with Crippen LogP contribution in [-0.4, -0.2) is 41.6 Å². The van der Waals surface area contributed by atoms with Crippen molar-refractivity contribution in [2.45, 2.75) is 19.8 Å². The van der Waals surface area contributed by atoms with E-state index in [-0.39, 0.29) is 18.5 Å². The van der Waals surface area contributed by atoms with Crippen molar-refractivity contribution in [3.8, 4) is 0 Å². The first-order chi connectivity index (χ1) is 11.5. The van der Waals surface area contributed by atoms with Crippen LogP contribution in [-0.2, 0) is 11.2 Å². The van der Waals surface area contributed by atoms with Crippen LogP contribution in [0.3, 0.4) is 0 Å². The number of hydrogen-bond acceptors (Lipinski definition) is 3. The number of carbonyl (C=O) groups is 2. The van der Waals surface area contributed by atoms with Crippen LogP contribution in [0.1, 0.15) is 19.1 Å². The molecule has 1 fully saturated rings. The van der Waals surface area contributed by atoms with Crippen molar-refractivity contribution in [1.82, 2.24) is 10.2 Å². The molecule has 0 spiro atoms. The van der Waals surface area contributed by atoms with Crippen molar-refractivity contribution in [2.75, 3.05) is 19.6 Å². The highest BCUT2D eigenvalue weighted by molar-refractivity contribution is 5.78. The van der Waals surface area contributed by atoms with Crippen molar-refractivity contribution >= 4 is 23.0 Å². The van der Waals surface area contributed by atoms with Crippen LogP contribution in [0.2, 0.25) is 0 Å². The third-order valence-electron chi connectivity index (χ3n) is 4.42. The van der Waals surface area contributed by atoms with Crippen LogP contribution in [0.5, 0.6) is 0 Å². The summed E-state index contributed by atoms with van der Waals surface area (Å²) in [5.41, 5.74) is 0.841. The summed E-state index contributed by atoms with van der Waals surface area (Å²) in [5.74, 6) is -0.288. The van der Waals surface area contributed by atoms with Gasteiger partial charge in [-0.05, 0) is 24.5 Å². The lowest BCUT2D eigenvalue weighted by molar-refractivity contribution is -0.143. The van der Waals surface area contributed by atoms with Gasteiger partial charge in [0.2, 0.25) is 0 Å². The average Bonchev–Trinajstić information content (AvgIpc) is 2.96. The fraction of sp³-hybridized carbons (Fsp3) is 0.444. The van der Waals surface area contributed by atoms with Gasteiger partial charge in [-0.15, -0.1) is 0 Å². The second kappa shape index (κ2) is 6.95. The molecule has 1 saturated heterocycles. The van der Waals surface area contributed by atoms with Gasteiger partial charge in [-0.25, -0.2) is 4.79 Å². The topological polar surface area (TPSA) is 82.8 Å². The number of hydrogen-bond donors (Lipinski definition) is 2. The smallest absolute Gasteiger partial charge is 0.317 e. The molecular formula is C18H22N2O4. The lowest BCUT2D eigenvalue weighted by Gasteiger charge is -2.34. The largest absolute Gasteiger partial charge is 0.481 e. The van der Waals surface area contributed by atoms with Crippen LogP contribution in [0.25, 0.3) is 11.0 Å². The van der Waals surface area contributed by atoms with E-state index in [2.05, 4.69) is 5.32 Å². The Morgan fingerprint density at radius 1 is 1.33 bits per heavy atom. The molecule has 0 radical (unpaired) electrons. The van der Waals surface area contributed by atoms with Gasteiger partial charge in [-0.3, -0.25) is 4.79 Å². The quantitative estimate of drug-likeness (QED) is 0.903. The van der Waals surface area contributed by atoms with Gasteiger partial charge in [0.15, 0.2) is 0 Å². The van der Waals surface area contributed by atoms with Crippen molar-refractivity contribution in [2.24, 2.45) is 11.8 Å². The summed E-state index contributed by atoms with van der Waals surface area (Å²) >= 11 is 0. The number of likely N-dealkylation sites (tertiary alicyclic amines) is 1. The van der Waals surface area contributed by atoms with Gasteiger partial charge in [-0.1, -0.05) is 25.1 Å². The van der Waals surface area contributed by atoms with E-state index in [1.165, 1.54) is 0 Å². The van der Waals surface area contributed by atoms with Crippen molar-refractivity contribution < 1.29 is 19.1 Å². The van der Waals surface area contributed by atoms with Crippen LogP contribution in [0.4, 0.5) is 4.79 Å². The van der Waals surface area contributed by atoms with Crippen molar-refractivity contribution in [1.29, 1.82) is 0 Å². The Balaban J connectivity index is 1.52. The summed E-state index contributed by atoms with van der Waals surface area (Å²) in [5, 5.41) is 13.1. The Kier molecular flexibility index (Phi) is 4.74. The third-order valence-corrected chi connectivity index (χ3v) is 4.42. The van der Waals surface area contributed by atoms with Gasteiger partial charge in [0.1, 0.15) is 11.3 Å². The fourth-order valence-corrected chi connectivity index (χ4v) is 3.26. The highest BCUT2D eigenvalue weighted by atomic mass is 16.4. The number of fused-ring (bicyclic) bond motifs is 1. The summed E-state index contributed by atoms with van der Waals surface area (Å²) in [4.78, 5) is 25.0. The highest BCUT2D eigenvalue weighted by Gasteiger charge is 2.31. The molecular weight excluding hydrogens is 308 g/mol. The van der Waals surface area contributed by atoms with E-state index in [4.69, 9.17) is 4.42 Å². The Hall–Kier alpha value is -2.50. The van der Waals surface area contributed by atoms with Crippen molar-refractivity contribution in [3.63, 3.8) is 0 Å². The molecule has 128 valence electrons. The number of urea groups is 1. The summed E-state index contributed by atoms with van der Waals surface area (Å²) in [6.07, 6.45) is 1.23. The normalized spacial score (nSPS) is 21.0. The molecule has 3 rings (SSSR count). The molecule has 24 heavy (non-hydrogen) atoms. The monoisotopic (exact) mass is 330 g/mol. The summed E-state index contributed by atoms with van der Waals surface area (Å²) in [6.45, 7) is 3.31. The van der Waals surface area contributed by atoms with Gasteiger partial charge in [0.05, 0.1) is 5.92 Å². The van der Waals surface area contributed by atoms with Crippen LogP contribution < -0.4 is 5.32 Å². The molecule has 1 aliphatic rings. The zero-order chi connectivity index (χ0) is 17.1. The maximum absolute atomic E-state index is 12.3. The first-order valence-corrected chi connectivity index (χ1v) is 8.26. The number of carbonyl (C=O) groups excluding carboxylic acids is 1. The molecule has 2 heterocycles. The zero-order valence-corrected chi connectivity index (χ0v) is 13.7. The second-order valence-electron chi connectivity index (χ2n) is 6.51. The van der Waals surface area contributed by atoms with E-state index in [0.29, 0.717) is 25.9 Å². The number of carboxylic acid groups (broad SMARTS) is 1. The van der Waals surface area contributed by atoms with Gasteiger partial charge in [-0.2, -0.15) is 0 Å². The predicted molar refractivity (Wildman–Crippen MR) is 89.8 cm³/mol. The molecule has 2 aromatic rings. The van der Waals surface area contributed by atoms with Gasteiger partial charge < -0.3 is 19.7 Å². The van der Waals surface area contributed by atoms with E-state index < -0.39 is 11.9 Å². The van der Waals surface area contributed by atoms with Crippen LogP contribution in [0, 0.1) is 11.8 Å². The summed E-state index contributed by atoms with van der Waals surface area (Å²) < 4.78 is 5.72. The lowest BCUT2D eigenvalue weighted by atomic mass is 9.91. The molecule has 2 atom stereocenters. The molecule has 0 bridgehead atoms. The van der Waals surface area contributed by atoms with Gasteiger partial charge in [0.25, 0.3) is 0 Å². The molecule has 2 unspecified atom stereocenters. The standard InChI is InChI=1S/C18H22N2O4/c1-12-8-14(17(21)22)11-20(10-12)18(23)19-7-6-15-9-13-4-2-3-5-16(13)24-15/h2-5,9,12,14H,6-8,10-11H2,1H3,(H,19,23)(H,21,22). The Morgan fingerprint density at radius 3 is 2.88 bits per heavy atom. The van der Waals surface area contributed by atoms with Crippen LogP contribution in [0.15, 0.2) is 34.7 Å². The second-order valence-corrected chi connectivity index (χ2v) is 6.51. The molecule has 1 aromatic carbocycles. The number of benzene rings is 1. The minimum Gasteiger partial charge on any atom is -0.481 e.